The number of ether oxygens (including phenoxy) is 2. The summed E-state index contributed by atoms with van der Waals surface area (Å²) in [4.78, 5) is 43.5. The van der Waals surface area contributed by atoms with Crippen molar-refractivity contribution < 1.29 is 33.8 Å². The fraction of sp³-hybridized carbons (Fsp3) is 0.500. The van der Waals surface area contributed by atoms with Crippen molar-refractivity contribution in [3.8, 4) is 0 Å². The van der Waals surface area contributed by atoms with Gasteiger partial charge in [-0.05, 0) is 20.8 Å². The fourth-order valence-corrected chi connectivity index (χ4v) is 0.730. The highest BCUT2D eigenvalue weighted by molar-refractivity contribution is 5.91. The molecule has 0 aromatic carbocycles. The second-order valence-electron chi connectivity index (χ2n) is 4.60. The lowest BCUT2D eigenvalue weighted by molar-refractivity contribution is -0.166. The molecule has 7 nitrogen and oxygen atoms in total. The maximum Gasteiger partial charge on any atom is 0.331 e. The highest BCUT2D eigenvalue weighted by atomic mass is 16.6. The van der Waals surface area contributed by atoms with E-state index in [0.717, 1.165) is 0 Å². The van der Waals surface area contributed by atoms with Gasteiger partial charge in [0.2, 0.25) is 0 Å². The molecule has 0 aliphatic carbocycles. The van der Waals surface area contributed by atoms with Crippen molar-refractivity contribution in [2.24, 2.45) is 5.41 Å². The van der Waals surface area contributed by atoms with E-state index in [1.54, 1.807) is 20.8 Å². The average molecular weight is 272 g/mol. The summed E-state index contributed by atoms with van der Waals surface area (Å²) in [5.41, 5.74) is -0.795. The van der Waals surface area contributed by atoms with E-state index < -0.39 is 29.3 Å². The summed E-state index contributed by atoms with van der Waals surface area (Å²) in [7, 11) is 0. The van der Waals surface area contributed by atoms with Gasteiger partial charge in [-0.15, -0.1) is 0 Å². The summed E-state index contributed by atoms with van der Waals surface area (Å²) in [5, 5.41) is 8.25. The van der Waals surface area contributed by atoms with Crippen LogP contribution in [0.2, 0.25) is 0 Å². The van der Waals surface area contributed by atoms with Gasteiger partial charge in [0.25, 0.3) is 0 Å². The van der Waals surface area contributed by atoms with Crippen LogP contribution >= 0.6 is 0 Å². The van der Waals surface area contributed by atoms with Crippen LogP contribution in [0.25, 0.3) is 0 Å². The molecule has 0 heterocycles. The van der Waals surface area contributed by atoms with Crippen LogP contribution in [0, 0.1) is 5.41 Å². The highest BCUT2D eigenvalue weighted by Crippen LogP contribution is 2.15. The van der Waals surface area contributed by atoms with E-state index >= 15 is 0 Å². The van der Waals surface area contributed by atoms with E-state index in [1.165, 1.54) is 0 Å². The van der Waals surface area contributed by atoms with Crippen molar-refractivity contribution in [1.29, 1.82) is 0 Å². The normalized spacial score (nSPS) is 11.1. The van der Waals surface area contributed by atoms with Crippen LogP contribution < -0.4 is 0 Å². The maximum atomic E-state index is 11.3. The summed E-state index contributed by atoms with van der Waals surface area (Å²) >= 11 is 0. The Balaban J connectivity index is 3.96. The molecule has 0 saturated heterocycles. The molecule has 0 saturated carbocycles. The van der Waals surface area contributed by atoms with Crippen LogP contribution in [-0.2, 0) is 28.7 Å². The number of aliphatic carboxylic acids is 1. The van der Waals surface area contributed by atoms with Crippen molar-refractivity contribution >= 4 is 23.9 Å². The van der Waals surface area contributed by atoms with Gasteiger partial charge in [-0.2, -0.15) is 0 Å². The third kappa shape index (κ3) is 8.53. The number of carbonyl (C=O) groups excluding carboxylic acids is 3. The quantitative estimate of drug-likeness (QED) is 0.445. The predicted octanol–water partition coefficient (Wildman–Crippen LogP) is 0.676. The second-order valence-corrected chi connectivity index (χ2v) is 4.60. The molecule has 0 atom stereocenters. The second kappa shape index (κ2) is 7.30. The lowest BCUT2D eigenvalue weighted by Gasteiger charge is -2.15. The first kappa shape index (κ1) is 16.8. The van der Waals surface area contributed by atoms with Crippen molar-refractivity contribution in [2.45, 2.75) is 27.2 Å². The Bertz CT molecular complexity index is 401. The molecule has 1 N–H and O–H groups in total. The topological polar surface area (TPSA) is 107 Å². The van der Waals surface area contributed by atoms with Crippen LogP contribution in [0.1, 0.15) is 27.2 Å². The Morgan fingerprint density at radius 2 is 1.68 bits per heavy atom. The zero-order chi connectivity index (χ0) is 15.1. The van der Waals surface area contributed by atoms with Gasteiger partial charge in [-0.3, -0.25) is 9.59 Å². The van der Waals surface area contributed by atoms with Gasteiger partial charge in [0, 0.05) is 12.2 Å². The minimum atomic E-state index is -1.29. The molecule has 106 valence electrons. The number of carboxylic acids is 1. The van der Waals surface area contributed by atoms with Gasteiger partial charge < -0.3 is 14.6 Å². The number of esters is 3. The van der Waals surface area contributed by atoms with Crippen molar-refractivity contribution in [1.82, 2.24) is 0 Å². The predicted molar refractivity (Wildman–Crippen MR) is 62.9 cm³/mol. The Kier molecular flexibility index (Phi) is 6.46. The zero-order valence-electron chi connectivity index (χ0n) is 11.0. The molecular formula is C12H16O7. The smallest absolute Gasteiger partial charge is 0.331 e. The molecule has 0 radical (unpaired) electrons. The first-order chi connectivity index (χ1) is 8.62. The Labute approximate surface area is 110 Å². The summed E-state index contributed by atoms with van der Waals surface area (Å²) in [5.74, 6) is -3.66. The molecule has 0 spiro atoms. The maximum absolute atomic E-state index is 11.3. The molecular weight excluding hydrogens is 256 g/mol. The van der Waals surface area contributed by atoms with Gasteiger partial charge in [0.05, 0.1) is 11.8 Å². The van der Waals surface area contributed by atoms with E-state index in [2.05, 4.69) is 9.47 Å². The first-order valence-corrected chi connectivity index (χ1v) is 5.46. The molecule has 0 aromatic heterocycles. The molecule has 0 aliphatic heterocycles. The lowest BCUT2D eigenvalue weighted by atomic mass is 9.97. The Morgan fingerprint density at radius 1 is 1.11 bits per heavy atom. The minimum absolute atomic E-state index is 0.283. The molecule has 0 aliphatic rings. The molecule has 0 rings (SSSR count). The van der Waals surface area contributed by atoms with Gasteiger partial charge in [0.1, 0.15) is 6.61 Å². The van der Waals surface area contributed by atoms with Crippen LogP contribution in [0.5, 0.6) is 0 Å². The Hall–Kier alpha value is -2.18. The van der Waals surface area contributed by atoms with Gasteiger partial charge in [-0.1, -0.05) is 0 Å². The van der Waals surface area contributed by atoms with Crippen LogP contribution in [0.3, 0.4) is 0 Å². The van der Waals surface area contributed by atoms with Crippen LogP contribution in [0.4, 0.5) is 0 Å². The van der Waals surface area contributed by atoms with Gasteiger partial charge in [-0.25, -0.2) is 9.59 Å². The fourth-order valence-electron chi connectivity index (χ4n) is 0.730. The molecule has 0 aromatic rings. The molecule has 0 bridgehead atoms. The van der Waals surface area contributed by atoms with Gasteiger partial charge in [0.15, 0.2) is 0 Å². The number of carboxylic acid groups (broad SMARTS) is 1. The monoisotopic (exact) mass is 272 g/mol. The summed E-state index contributed by atoms with van der Waals surface area (Å²) in [6.07, 6.45) is 1.05. The largest absolute Gasteiger partial charge is 0.478 e. The lowest BCUT2D eigenvalue weighted by Crippen LogP contribution is -2.26. The molecule has 0 fully saturated rings. The summed E-state index contributed by atoms with van der Waals surface area (Å²) in [6.45, 7) is 4.50. The number of carbonyl (C=O) groups is 4. The third-order valence-corrected chi connectivity index (χ3v) is 1.73. The van der Waals surface area contributed by atoms with Gasteiger partial charge >= 0.3 is 23.9 Å². The van der Waals surface area contributed by atoms with E-state index in [4.69, 9.17) is 5.11 Å². The van der Waals surface area contributed by atoms with Crippen molar-refractivity contribution in [2.75, 3.05) is 6.61 Å². The highest BCUT2D eigenvalue weighted by Gasteiger charge is 2.25. The third-order valence-electron chi connectivity index (χ3n) is 1.73. The van der Waals surface area contributed by atoms with Crippen molar-refractivity contribution in [3.05, 3.63) is 12.2 Å². The molecule has 0 unspecified atom stereocenters. The standard InChI is InChI=1S/C12H16O7/c1-12(2,3)11(17)19-10(16)6-7-18-9(15)5-4-8(13)14/h4-5H,6-7H2,1-3H3,(H,13,14)/b5-4+. The summed E-state index contributed by atoms with van der Waals surface area (Å²) in [6, 6.07) is 0. The number of hydrogen-bond donors (Lipinski definition) is 1. The number of hydrogen-bond acceptors (Lipinski definition) is 6. The zero-order valence-corrected chi connectivity index (χ0v) is 11.0. The molecule has 7 heteroatoms. The molecule has 19 heavy (non-hydrogen) atoms. The Morgan fingerprint density at radius 3 is 2.16 bits per heavy atom. The van der Waals surface area contributed by atoms with Crippen LogP contribution in [0.15, 0.2) is 12.2 Å². The average Bonchev–Trinajstić information content (AvgIpc) is 2.24. The van der Waals surface area contributed by atoms with Crippen LogP contribution in [-0.4, -0.2) is 35.6 Å². The van der Waals surface area contributed by atoms with E-state index in [0.29, 0.717) is 12.2 Å². The van der Waals surface area contributed by atoms with E-state index in [-0.39, 0.29) is 13.0 Å². The first-order valence-electron chi connectivity index (χ1n) is 5.46. The van der Waals surface area contributed by atoms with E-state index in [9.17, 15) is 19.2 Å². The van der Waals surface area contributed by atoms with Crippen molar-refractivity contribution in [3.63, 3.8) is 0 Å². The minimum Gasteiger partial charge on any atom is -0.478 e. The van der Waals surface area contributed by atoms with E-state index in [1.807, 2.05) is 0 Å². The molecule has 0 amide bonds. The SMILES string of the molecule is CC(C)(C)C(=O)OC(=O)CCOC(=O)/C=C/C(=O)O. The number of rotatable bonds is 5. The summed E-state index contributed by atoms with van der Waals surface area (Å²) < 4.78 is 9.04.